The summed E-state index contributed by atoms with van der Waals surface area (Å²) < 4.78 is 5.39. The Morgan fingerprint density at radius 1 is 1.48 bits per heavy atom. The highest BCUT2D eigenvalue weighted by Crippen LogP contribution is 2.33. The maximum atomic E-state index is 12.1. The van der Waals surface area contributed by atoms with E-state index >= 15 is 0 Å². The van der Waals surface area contributed by atoms with Crippen molar-refractivity contribution in [1.29, 1.82) is 0 Å². The van der Waals surface area contributed by atoms with Crippen molar-refractivity contribution in [2.45, 2.75) is 32.4 Å². The number of nitrogens with zero attached hydrogens (tertiary/aromatic N) is 1. The Bertz CT molecular complexity index is 540. The Kier molecular flexibility index (Phi) is 7.45. The molecule has 0 aromatic heterocycles. The van der Waals surface area contributed by atoms with E-state index in [1.54, 1.807) is 13.2 Å². The molecule has 0 bridgehead atoms. The van der Waals surface area contributed by atoms with Gasteiger partial charge in [0, 0.05) is 24.2 Å². The summed E-state index contributed by atoms with van der Waals surface area (Å²) in [5.41, 5.74) is 6.84. The maximum Gasteiger partial charge on any atom is 0.237 e. The van der Waals surface area contributed by atoms with Gasteiger partial charge in [-0.2, -0.15) is 0 Å². The van der Waals surface area contributed by atoms with Crippen LogP contribution in [-0.4, -0.2) is 38.2 Å². The van der Waals surface area contributed by atoms with Crippen molar-refractivity contribution in [2.24, 2.45) is 11.7 Å². The predicted molar refractivity (Wildman–Crippen MR) is 96.8 cm³/mol. The second kappa shape index (κ2) is 8.62. The first kappa shape index (κ1) is 19.9. The number of carbonyl (C=O) groups excluding carboxylic acids is 1. The zero-order chi connectivity index (χ0) is 16.3. The van der Waals surface area contributed by atoms with Crippen molar-refractivity contribution in [3.8, 4) is 5.75 Å². The first-order valence-corrected chi connectivity index (χ1v) is 7.94. The molecule has 1 amide bonds. The van der Waals surface area contributed by atoms with Crippen LogP contribution in [0.1, 0.15) is 20.3 Å². The molecule has 0 radical (unpaired) electrons. The summed E-state index contributed by atoms with van der Waals surface area (Å²) in [6.07, 6.45) is 0.881. The summed E-state index contributed by atoms with van der Waals surface area (Å²) in [7, 11) is 1.64. The fraction of sp³-hybridized carbons (Fsp3) is 0.562. The SMILES string of the molecule is COc1ccc(Cl)cc1N1CCC(NC(=O)[C@@H](N)C(C)C)C1.Cl. The first-order chi connectivity index (χ1) is 10.4. The molecule has 1 aliphatic rings. The summed E-state index contributed by atoms with van der Waals surface area (Å²) >= 11 is 6.08. The number of amides is 1. The molecule has 7 heteroatoms. The van der Waals surface area contributed by atoms with Crippen LogP contribution >= 0.6 is 24.0 Å². The summed E-state index contributed by atoms with van der Waals surface area (Å²) in [4.78, 5) is 14.2. The first-order valence-electron chi connectivity index (χ1n) is 7.56. The highest BCUT2D eigenvalue weighted by molar-refractivity contribution is 6.30. The van der Waals surface area contributed by atoms with Crippen molar-refractivity contribution in [2.75, 3.05) is 25.1 Å². The molecule has 0 aliphatic carbocycles. The number of carbonyl (C=O) groups is 1. The van der Waals surface area contributed by atoms with Crippen LogP contribution in [0.25, 0.3) is 0 Å². The number of nitrogens with one attached hydrogen (secondary N) is 1. The lowest BCUT2D eigenvalue weighted by atomic mass is 10.0. The van der Waals surface area contributed by atoms with E-state index in [1.807, 2.05) is 26.0 Å². The number of anilines is 1. The van der Waals surface area contributed by atoms with Gasteiger partial charge in [0.15, 0.2) is 0 Å². The van der Waals surface area contributed by atoms with Gasteiger partial charge in [-0.3, -0.25) is 4.79 Å². The minimum absolute atomic E-state index is 0. The number of methoxy groups -OCH3 is 1. The monoisotopic (exact) mass is 361 g/mol. The van der Waals surface area contributed by atoms with Crippen LogP contribution in [0, 0.1) is 5.92 Å². The van der Waals surface area contributed by atoms with Crippen molar-refractivity contribution in [3.63, 3.8) is 0 Å². The quantitative estimate of drug-likeness (QED) is 0.844. The van der Waals surface area contributed by atoms with Gasteiger partial charge in [-0.15, -0.1) is 12.4 Å². The van der Waals surface area contributed by atoms with Crippen molar-refractivity contribution >= 4 is 35.6 Å². The average Bonchev–Trinajstić information content (AvgIpc) is 2.94. The van der Waals surface area contributed by atoms with Gasteiger partial charge >= 0.3 is 0 Å². The van der Waals surface area contributed by atoms with E-state index in [-0.39, 0.29) is 30.3 Å². The molecule has 0 spiro atoms. The molecule has 2 atom stereocenters. The van der Waals surface area contributed by atoms with Gasteiger partial charge in [0.1, 0.15) is 5.75 Å². The van der Waals surface area contributed by atoms with Crippen LogP contribution in [0.3, 0.4) is 0 Å². The Balaban J connectivity index is 0.00000264. The van der Waals surface area contributed by atoms with E-state index in [0.717, 1.165) is 30.9 Å². The van der Waals surface area contributed by atoms with Crippen molar-refractivity contribution < 1.29 is 9.53 Å². The Morgan fingerprint density at radius 3 is 2.78 bits per heavy atom. The van der Waals surface area contributed by atoms with Gasteiger partial charge in [0.25, 0.3) is 0 Å². The van der Waals surface area contributed by atoms with E-state index in [1.165, 1.54) is 0 Å². The van der Waals surface area contributed by atoms with Gasteiger partial charge in [-0.1, -0.05) is 25.4 Å². The number of nitrogens with two attached hydrogens (primary N) is 1. The van der Waals surface area contributed by atoms with Crippen LogP contribution in [0.5, 0.6) is 5.75 Å². The molecule has 3 N–H and O–H groups in total. The molecule has 1 unspecified atom stereocenters. The fourth-order valence-electron chi connectivity index (χ4n) is 2.61. The Morgan fingerprint density at radius 2 is 2.17 bits per heavy atom. The summed E-state index contributed by atoms with van der Waals surface area (Å²) in [5.74, 6) is 0.834. The summed E-state index contributed by atoms with van der Waals surface area (Å²) in [6.45, 7) is 5.47. The average molecular weight is 362 g/mol. The second-order valence-electron chi connectivity index (χ2n) is 6.03. The third kappa shape index (κ3) is 4.90. The number of halogens is 2. The van der Waals surface area contributed by atoms with Crippen molar-refractivity contribution in [3.05, 3.63) is 23.2 Å². The lowest BCUT2D eigenvalue weighted by molar-refractivity contribution is -0.123. The van der Waals surface area contributed by atoms with Gasteiger partial charge in [-0.25, -0.2) is 0 Å². The molecule has 23 heavy (non-hydrogen) atoms. The minimum Gasteiger partial charge on any atom is -0.495 e. The minimum atomic E-state index is -0.463. The molecule has 5 nitrogen and oxygen atoms in total. The maximum absolute atomic E-state index is 12.1. The van der Waals surface area contributed by atoms with Gasteiger partial charge < -0.3 is 20.7 Å². The third-order valence-corrected chi connectivity index (χ3v) is 4.27. The van der Waals surface area contributed by atoms with Crippen LogP contribution in [-0.2, 0) is 4.79 Å². The number of rotatable bonds is 5. The fourth-order valence-corrected chi connectivity index (χ4v) is 2.77. The standard InChI is InChI=1S/C16H24ClN3O2.ClH/c1-10(2)15(18)16(21)19-12-6-7-20(9-12)13-8-11(17)4-5-14(13)22-3;/h4-5,8,10,12,15H,6-7,9,18H2,1-3H3,(H,19,21);1H/t12?,15-;/m0./s1. The zero-order valence-electron chi connectivity index (χ0n) is 13.7. The third-order valence-electron chi connectivity index (χ3n) is 4.04. The largest absolute Gasteiger partial charge is 0.495 e. The van der Waals surface area contributed by atoms with Crippen LogP contribution < -0.4 is 20.7 Å². The van der Waals surface area contributed by atoms with E-state index < -0.39 is 6.04 Å². The Labute approximate surface area is 148 Å². The molecule has 1 heterocycles. The smallest absolute Gasteiger partial charge is 0.237 e. The van der Waals surface area contributed by atoms with Gasteiger partial charge in [-0.05, 0) is 30.5 Å². The van der Waals surface area contributed by atoms with E-state index in [9.17, 15) is 4.79 Å². The summed E-state index contributed by atoms with van der Waals surface area (Å²) in [5, 5.41) is 3.70. The topological polar surface area (TPSA) is 67.6 Å². The number of hydrogen-bond acceptors (Lipinski definition) is 4. The predicted octanol–water partition coefficient (Wildman–Crippen LogP) is 2.45. The van der Waals surface area contributed by atoms with Crippen LogP contribution in [0.4, 0.5) is 5.69 Å². The highest BCUT2D eigenvalue weighted by Gasteiger charge is 2.28. The molecule has 1 aliphatic heterocycles. The number of benzene rings is 1. The molecular formula is C16H25Cl2N3O2. The molecule has 130 valence electrons. The van der Waals surface area contributed by atoms with Crippen LogP contribution in [0.15, 0.2) is 18.2 Å². The van der Waals surface area contributed by atoms with E-state index in [2.05, 4.69) is 10.2 Å². The zero-order valence-corrected chi connectivity index (χ0v) is 15.3. The molecule has 1 aromatic carbocycles. The van der Waals surface area contributed by atoms with Gasteiger partial charge in [0.05, 0.1) is 18.8 Å². The summed E-state index contributed by atoms with van der Waals surface area (Å²) in [6, 6.07) is 5.19. The normalized spacial score (nSPS) is 18.5. The molecule has 1 saturated heterocycles. The Hall–Kier alpha value is -1.17. The van der Waals surface area contributed by atoms with E-state index in [4.69, 9.17) is 22.1 Å². The van der Waals surface area contributed by atoms with Crippen LogP contribution in [0.2, 0.25) is 5.02 Å². The lowest BCUT2D eigenvalue weighted by Crippen LogP contribution is -2.48. The second-order valence-corrected chi connectivity index (χ2v) is 6.46. The molecular weight excluding hydrogens is 337 g/mol. The number of ether oxygens (including phenoxy) is 1. The molecule has 0 saturated carbocycles. The highest BCUT2D eigenvalue weighted by atomic mass is 35.5. The molecule has 2 rings (SSSR count). The van der Waals surface area contributed by atoms with Gasteiger partial charge in [0.2, 0.25) is 5.91 Å². The van der Waals surface area contributed by atoms with E-state index in [0.29, 0.717) is 5.02 Å². The molecule has 1 fully saturated rings. The number of hydrogen-bond donors (Lipinski definition) is 2. The molecule has 1 aromatic rings. The van der Waals surface area contributed by atoms with Crippen molar-refractivity contribution in [1.82, 2.24) is 5.32 Å². The lowest BCUT2D eigenvalue weighted by Gasteiger charge is -2.22.